The number of rotatable bonds is 49. The molecule has 3 heterocycles. The molecule has 42 heteroatoms. The second-order valence-corrected chi connectivity index (χ2v) is 28.2. The van der Waals surface area contributed by atoms with Crippen LogP contribution in [-0.2, 0) is 102 Å². The normalized spacial score (nSPS) is 15.5. The van der Waals surface area contributed by atoms with Crippen LogP contribution in [0.25, 0.3) is 0 Å². The lowest BCUT2D eigenvalue weighted by Gasteiger charge is -2.31. The Morgan fingerprint density at radius 2 is 1.03 bits per heavy atom. The van der Waals surface area contributed by atoms with Crippen molar-refractivity contribution in [3.63, 3.8) is 0 Å². The Balaban J connectivity index is 1.29. The molecule has 0 radical (unpaired) electrons. The maximum atomic E-state index is 15.0. The van der Waals surface area contributed by atoms with Gasteiger partial charge in [-0.25, -0.2) is 9.97 Å². The number of aliphatic hydroxyl groups is 1. The number of unbranched alkanes of at least 4 members (excludes halogenated alkanes) is 1. The third kappa shape index (κ3) is 31.4. The van der Waals surface area contributed by atoms with E-state index < -0.39 is 199 Å². The summed E-state index contributed by atoms with van der Waals surface area (Å²) < 4.78 is 0. The van der Waals surface area contributed by atoms with E-state index in [0.29, 0.717) is 48.3 Å². The van der Waals surface area contributed by atoms with E-state index in [4.69, 9.17) is 28.3 Å². The maximum Gasteiger partial charge on any atom is 0.246 e. The van der Waals surface area contributed by atoms with Crippen molar-refractivity contribution in [2.24, 2.45) is 28.9 Å². The summed E-state index contributed by atoms with van der Waals surface area (Å²) in [6.07, 6.45) is 5.55. The number of likely N-dealkylation sites (tertiary alicyclic amines) is 1. The van der Waals surface area contributed by atoms with E-state index in [9.17, 15) is 82.1 Å². The molecule has 13 atom stereocenters. The standard InChI is InChI=1S/C74H110N24O18/c1-7-47(61(77)104)89-66(109)50(18-12-13-25-75)91-67(110)53(31-45-34-81-38-85-45)92-62(105)40(5)86-71(114)57-20-15-27-98(57)73(116)55(29-42-16-10-9-11-17-42)96-72(115)60(39(3)4)97-69(112)51(28-43-21-23-46(101)24-22-43)93-68(111)54(32-58(76)102)95-64(107)48(8-2)90-70(113)56(36-99)88-59(103)35-83-63(106)52(30-44-33-80-37-84-44)94-65(108)49(87-41(6)100)19-14-26-82-74(78)79/h9-11,16-17,21-24,33-34,37-40,47-57,60,99,101H,7-8,12-15,18-20,25-32,35-36,75H2,1-6H3,(H2,76,102)(H2,77,104)(H,80,84)(H,81,85)(H,83,106)(H,86,114)(H,87,100)(H,88,103)(H,89,109)(H,90,113)(H,91,110)(H,92,105)(H,93,111)(H,94,108)(H,95,107)(H,96,115)(H,97,112)(H4,78,79,82)/t40-,47?,48?,49-,50-,51-,52-,53-,54-,55-,56-,57-,60-/m0/s1. The number of carbonyl (C=O) groups is 16. The number of hydrogen-bond acceptors (Lipinski definition) is 22. The fourth-order valence-electron chi connectivity index (χ4n) is 12.3. The van der Waals surface area contributed by atoms with E-state index in [1.807, 2.05) is 0 Å². The van der Waals surface area contributed by atoms with Crippen LogP contribution in [0.1, 0.15) is 128 Å². The predicted octanol–water partition coefficient (Wildman–Crippen LogP) is -6.71. The van der Waals surface area contributed by atoms with Crippen LogP contribution in [0.3, 0.4) is 0 Å². The summed E-state index contributed by atoms with van der Waals surface area (Å²) in [4.78, 5) is 235. The molecule has 16 amide bonds. The van der Waals surface area contributed by atoms with E-state index in [1.165, 1.54) is 75.0 Å². The minimum absolute atomic E-state index is 0.0186. The number of nitrogens with two attached hydrogens (primary N) is 4. The Morgan fingerprint density at radius 3 is 1.58 bits per heavy atom. The summed E-state index contributed by atoms with van der Waals surface area (Å²) in [6, 6.07) is -4.48. The smallest absolute Gasteiger partial charge is 0.246 e. The number of amides is 16. The number of hydrogen-bond donors (Lipinski definition) is 23. The predicted molar refractivity (Wildman–Crippen MR) is 416 cm³/mol. The minimum Gasteiger partial charge on any atom is -0.508 e. The van der Waals surface area contributed by atoms with Crippen LogP contribution < -0.4 is 97.4 Å². The number of phenols is 1. The zero-order valence-electron chi connectivity index (χ0n) is 65.6. The molecule has 27 N–H and O–H groups in total. The highest BCUT2D eigenvalue weighted by Gasteiger charge is 2.42. The van der Waals surface area contributed by atoms with Gasteiger partial charge in [0.25, 0.3) is 0 Å². The largest absolute Gasteiger partial charge is 0.508 e. The van der Waals surface area contributed by atoms with Crippen molar-refractivity contribution in [1.82, 2.24) is 99.3 Å². The monoisotopic (exact) mass is 1620 g/mol. The van der Waals surface area contributed by atoms with Gasteiger partial charge in [0, 0.05) is 58.1 Å². The molecular formula is C74H110N24O18. The highest BCUT2D eigenvalue weighted by molar-refractivity contribution is 6.01. The van der Waals surface area contributed by atoms with Gasteiger partial charge >= 0.3 is 0 Å². The number of phenolic OH excluding ortho intramolecular Hbond substituents is 1. The first-order chi connectivity index (χ1) is 55.1. The lowest BCUT2D eigenvalue weighted by atomic mass is 9.99. The van der Waals surface area contributed by atoms with Crippen LogP contribution in [0.2, 0.25) is 0 Å². The van der Waals surface area contributed by atoms with Crippen LogP contribution in [0.5, 0.6) is 5.75 Å². The summed E-state index contributed by atoms with van der Waals surface area (Å²) in [7, 11) is 0. The number of nitrogens with zero attached hydrogens (tertiary/aromatic N) is 3. The van der Waals surface area contributed by atoms with E-state index in [2.05, 4.69) is 94.4 Å². The molecule has 116 heavy (non-hydrogen) atoms. The summed E-state index contributed by atoms with van der Waals surface area (Å²) in [5, 5.41) is 63.2. The maximum absolute atomic E-state index is 15.0. The van der Waals surface area contributed by atoms with Crippen molar-refractivity contribution >= 4 is 100 Å². The molecule has 1 aliphatic heterocycles. The van der Waals surface area contributed by atoms with Gasteiger partial charge in [-0.15, -0.1) is 0 Å². The Kier molecular flexibility index (Phi) is 38.7. The molecule has 634 valence electrons. The molecule has 0 aliphatic carbocycles. The first-order valence-electron chi connectivity index (χ1n) is 38.1. The average Bonchev–Trinajstić information content (AvgIpc) is 1.57. The molecule has 0 bridgehead atoms. The zero-order chi connectivity index (χ0) is 85.7. The number of aromatic nitrogens is 4. The Hall–Kier alpha value is -12.6. The number of carbonyl (C=O) groups excluding carboxylic acids is 16. The molecule has 0 spiro atoms. The third-order valence-electron chi connectivity index (χ3n) is 18.6. The van der Waals surface area contributed by atoms with Crippen molar-refractivity contribution in [2.45, 2.75) is 210 Å². The zero-order valence-corrected chi connectivity index (χ0v) is 65.6. The molecule has 0 saturated carbocycles. The van der Waals surface area contributed by atoms with Gasteiger partial charge in [-0.2, -0.15) is 0 Å². The molecule has 2 aromatic carbocycles. The van der Waals surface area contributed by atoms with Crippen molar-refractivity contribution in [3.05, 3.63) is 102 Å². The number of aromatic amines is 2. The fraction of sp³-hybridized carbons (Fsp3) is 0.527. The van der Waals surface area contributed by atoms with Gasteiger partial charge in [0.2, 0.25) is 94.5 Å². The molecule has 2 unspecified atom stereocenters. The van der Waals surface area contributed by atoms with Gasteiger partial charge in [-0.3, -0.25) is 82.1 Å². The van der Waals surface area contributed by atoms with Gasteiger partial charge in [-0.05, 0) is 100 Å². The second kappa shape index (κ2) is 47.8. The topological polar surface area (TPSA) is 671 Å². The van der Waals surface area contributed by atoms with Crippen molar-refractivity contribution in [3.8, 4) is 5.75 Å². The van der Waals surface area contributed by atoms with Gasteiger partial charge in [0.15, 0.2) is 5.96 Å². The number of benzene rings is 2. The Labute approximate surface area is 669 Å². The van der Waals surface area contributed by atoms with Crippen LogP contribution >= 0.6 is 0 Å². The minimum atomic E-state index is -1.87. The highest BCUT2D eigenvalue weighted by Crippen LogP contribution is 2.22. The quantitative estimate of drug-likeness (QED) is 0.0111. The summed E-state index contributed by atoms with van der Waals surface area (Å²) in [5.74, 6) is -15.6. The van der Waals surface area contributed by atoms with Gasteiger partial charge in [-0.1, -0.05) is 70.2 Å². The second-order valence-electron chi connectivity index (χ2n) is 28.2. The lowest BCUT2D eigenvalue weighted by molar-refractivity contribution is -0.142. The third-order valence-corrected chi connectivity index (χ3v) is 18.6. The van der Waals surface area contributed by atoms with Crippen molar-refractivity contribution < 1.29 is 86.9 Å². The summed E-state index contributed by atoms with van der Waals surface area (Å²) >= 11 is 0. The van der Waals surface area contributed by atoms with Crippen LogP contribution in [0, 0.1) is 11.3 Å². The van der Waals surface area contributed by atoms with Gasteiger partial charge < -0.3 is 122 Å². The van der Waals surface area contributed by atoms with Crippen molar-refractivity contribution in [1.29, 1.82) is 5.41 Å². The molecule has 1 saturated heterocycles. The van der Waals surface area contributed by atoms with Crippen LogP contribution in [0.4, 0.5) is 0 Å². The molecule has 4 aromatic rings. The lowest BCUT2D eigenvalue weighted by Crippen LogP contribution is -2.62. The molecule has 1 aliphatic rings. The number of imidazole rings is 2. The SMILES string of the molecule is CCC(NC(=O)[C@H](CCCCN)NC(=O)[C@H](Cc1c[nH]cn1)NC(=O)[C@H](C)NC(=O)[C@@H]1CCCN1C(=O)[C@H](Cc1ccccc1)NC(=O)[C@@H](NC(=O)[C@H](Cc1ccc(O)cc1)NC(=O)[C@H](CC(N)=O)NC(=O)C(CC)NC(=O)[C@H](CO)NC(=O)CNC(=O)[C@H](Cc1c[nH]cn1)NC(=O)[C@H](CCCNC(=N)N)NC(C)=O)C(C)C)C(N)=O. The molecule has 2 aromatic heterocycles. The number of guanidine groups is 1. The Morgan fingerprint density at radius 1 is 0.534 bits per heavy atom. The molecule has 1 fully saturated rings. The van der Waals surface area contributed by atoms with Crippen LogP contribution in [0.15, 0.2) is 79.6 Å². The van der Waals surface area contributed by atoms with Crippen LogP contribution in [-0.4, -0.2) is 247 Å². The number of nitrogens with one attached hydrogen (secondary N) is 17. The summed E-state index contributed by atoms with van der Waals surface area (Å²) in [5.41, 5.74) is 23.7. The number of H-pyrrole nitrogens is 2. The highest BCUT2D eigenvalue weighted by atomic mass is 16.3. The van der Waals surface area contributed by atoms with E-state index in [-0.39, 0.29) is 89.0 Å². The van der Waals surface area contributed by atoms with E-state index in [1.54, 1.807) is 51.1 Å². The van der Waals surface area contributed by atoms with E-state index in [0.717, 1.165) is 0 Å². The number of primary amides is 2. The average molecular weight is 1620 g/mol. The van der Waals surface area contributed by atoms with Gasteiger partial charge in [0.1, 0.15) is 84.3 Å². The first-order valence-corrected chi connectivity index (χ1v) is 38.1. The molecule has 42 nitrogen and oxygen atoms in total. The molecular weight excluding hydrogens is 1510 g/mol. The van der Waals surface area contributed by atoms with Gasteiger partial charge in [0.05, 0.1) is 43.6 Å². The van der Waals surface area contributed by atoms with E-state index >= 15 is 4.79 Å². The Bertz CT molecular complexity index is 4000. The van der Waals surface area contributed by atoms with Crippen molar-refractivity contribution in [2.75, 3.05) is 32.8 Å². The number of aromatic hydroxyl groups is 1. The number of aliphatic hydroxyl groups excluding tert-OH is 1. The summed E-state index contributed by atoms with van der Waals surface area (Å²) in [6.45, 7) is 7.37. The first kappa shape index (κ1) is 94.0. The molecule has 5 rings (SSSR count). The fourth-order valence-corrected chi connectivity index (χ4v) is 12.3.